The molecule has 0 bridgehead atoms. The van der Waals surface area contributed by atoms with Crippen LogP contribution in [0.3, 0.4) is 0 Å². The van der Waals surface area contributed by atoms with Crippen LogP contribution in [0.1, 0.15) is 12.5 Å². The van der Waals surface area contributed by atoms with E-state index in [2.05, 4.69) is 15.5 Å². The van der Waals surface area contributed by atoms with Crippen LogP contribution >= 0.6 is 11.8 Å². The molecule has 7 heteroatoms. The number of aromatic nitrogens is 3. The molecule has 0 aliphatic carbocycles. The van der Waals surface area contributed by atoms with Crippen molar-refractivity contribution in [3.05, 3.63) is 29.8 Å². The Balaban J connectivity index is 1.97. The molecule has 0 saturated heterocycles. The summed E-state index contributed by atoms with van der Waals surface area (Å²) in [6.07, 6.45) is 0. The fraction of sp³-hybridized carbons (Fsp3) is 0.438. The Hall–Kier alpha value is -1.86. The minimum Gasteiger partial charge on any atom is -0.383 e. The van der Waals surface area contributed by atoms with Crippen LogP contribution in [0.2, 0.25) is 0 Å². The number of methoxy groups -OCH3 is 1. The number of carbonyl (C=O) groups excluding carboxylic acids is 1. The molecule has 0 radical (unpaired) electrons. The highest BCUT2D eigenvalue weighted by atomic mass is 32.2. The summed E-state index contributed by atoms with van der Waals surface area (Å²) in [7, 11) is 3.52. The maximum atomic E-state index is 11.9. The first kappa shape index (κ1) is 17.5. The molecule has 0 aliphatic rings. The number of benzene rings is 1. The van der Waals surface area contributed by atoms with Gasteiger partial charge in [-0.1, -0.05) is 41.6 Å². The van der Waals surface area contributed by atoms with E-state index in [1.54, 1.807) is 7.11 Å². The molecule has 0 saturated carbocycles. The molecular weight excluding hydrogens is 312 g/mol. The lowest BCUT2D eigenvalue weighted by Gasteiger charge is -2.12. The van der Waals surface area contributed by atoms with Gasteiger partial charge in [0.15, 0.2) is 11.0 Å². The van der Waals surface area contributed by atoms with Crippen LogP contribution < -0.4 is 5.32 Å². The van der Waals surface area contributed by atoms with Crippen LogP contribution in [0, 0.1) is 6.92 Å². The van der Waals surface area contributed by atoms with Gasteiger partial charge in [0.1, 0.15) is 0 Å². The average molecular weight is 334 g/mol. The lowest BCUT2D eigenvalue weighted by Crippen LogP contribution is -2.36. The number of carbonyl (C=O) groups is 1. The summed E-state index contributed by atoms with van der Waals surface area (Å²) in [6, 6.07) is 8.12. The van der Waals surface area contributed by atoms with E-state index >= 15 is 0 Å². The van der Waals surface area contributed by atoms with Gasteiger partial charge in [-0.3, -0.25) is 4.79 Å². The maximum Gasteiger partial charge on any atom is 0.230 e. The normalized spacial score (nSPS) is 12.2. The van der Waals surface area contributed by atoms with Gasteiger partial charge < -0.3 is 14.6 Å². The zero-order valence-electron chi connectivity index (χ0n) is 13.9. The average Bonchev–Trinajstić information content (AvgIpc) is 2.87. The van der Waals surface area contributed by atoms with Gasteiger partial charge in [-0.15, -0.1) is 10.2 Å². The molecule has 0 aliphatic heterocycles. The number of ether oxygens (including phenoxy) is 1. The highest BCUT2D eigenvalue weighted by Crippen LogP contribution is 2.22. The van der Waals surface area contributed by atoms with Gasteiger partial charge in [0.05, 0.1) is 12.4 Å². The largest absolute Gasteiger partial charge is 0.383 e. The molecule has 1 unspecified atom stereocenters. The highest BCUT2D eigenvalue weighted by Gasteiger charge is 2.13. The molecule has 0 fully saturated rings. The Morgan fingerprint density at radius 3 is 2.70 bits per heavy atom. The molecule has 2 aromatic rings. The van der Waals surface area contributed by atoms with E-state index in [9.17, 15) is 4.79 Å². The molecule has 1 aromatic heterocycles. The SMILES string of the molecule is COCC(C)NC(=O)CSc1nnc(-c2ccc(C)cc2)n1C. The summed E-state index contributed by atoms with van der Waals surface area (Å²) < 4.78 is 6.90. The van der Waals surface area contributed by atoms with Crippen LogP contribution in [0.4, 0.5) is 0 Å². The van der Waals surface area contributed by atoms with E-state index < -0.39 is 0 Å². The first-order chi connectivity index (χ1) is 11.0. The molecule has 1 N–H and O–H groups in total. The number of hydrogen-bond donors (Lipinski definition) is 1. The summed E-state index contributed by atoms with van der Waals surface area (Å²) in [5, 5.41) is 12.0. The van der Waals surface area contributed by atoms with Gasteiger partial charge in [0, 0.05) is 25.8 Å². The van der Waals surface area contributed by atoms with E-state index in [1.807, 2.05) is 49.7 Å². The van der Waals surface area contributed by atoms with Crippen molar-refractivity contribution in [2.45, 2.75) is 25.0 Å². The molecule has 1 heterocycles. The minimum atomic E-state index is -0.0422. The van der Waals surface area contributed by atoms with Crippen molar-refractivity contribution in [1.82, 2.24) is 20.1 Å². The van der Waals surface area contributed by atoms with Gasteiger partial charge in [-0.05, 0) is 13.8 Å². The third kappa shape index (κ3) is 4.80. The van der Waals surface area contributed by atoms with E-state index in [4.69, 9.17) is 4.74 Å². The van der Waals surface area contributed by atoms with Crippen molar-refractivity contribution in [3.8, 4) is 11.4 Å². The van der Waals surface area contributed by atoms with Gasteiger partial charge in [0.2, 0.25) is 5.91 Å². The molecule has 23 heavy (non-hydrogen) atoms. The van der Waals surface area contributed by atoms with Crippen molar-refractivity contribution in [2.24, 2.45) is 7.05 Å². The quantitative estimate of drug-likeness (QED) is 0.785. The van der Waals surface area contributed by atoms with Crippen LogP contribution in [0.5, 0.6) is 0 Å². The van der Waals surface area contributed by atoms with Gasteiger partial charge in [0.25, 0.3) is 0 Å². The monoisotopic (exact) mass is 334 g/mol. The van der Waals surface area contributed by atoms with E-state index in [-0.39, 0.29) is 11.9 Å². The van der Waals surface area contributed by atoms with Crippen molar-refractivity contribution in [3.63, 3.8) is 0 Å². The van der Waals surface area contributed by atoms with Crippen molar-refractivity contribution < 1.29 is 9.53 Å². The summed E-state index contributed by atoms with van der Waals surface area (Å²) in [6.45, 7) is 4.45. The van der Waals surface area contributed by atoms with Crippen LogP contribution in [0.25, 0.3) is 11.4 Å². The van der Waals surface area contributed by atoms with Crippen LogP contribution in [-0.2, 0) is 16.6 Å². The smallest absolute Gasteiger partial charge is 0.230 e. The Morgan fingerprint density at radius 1 is 1.35 bits per heavy atom. The molecule has 124 valence electrons. The lowest BCUT2D eigenvalue weighted by atomic mass is 10.1. The second kappa shape index (κ2) is 8.12. The summed E-state index contributed by atoms with van der Waals surface area (Å²) in [5.41, 5.74) is 2.21. The third-order valence-electron chi connectivity index (χ3n) is 3.30. The molecular formula is C16H22N4O2S. The van der Waals surface area contributed by atoms with E-state index in [1.165, 1.54) is 17.3 Å². The first-order valence-corrected chi connectivity index (χ1v) is 8.37. The maximum absolute atomic E-state index is 11.9. The van der Waals surface area contributed by atoms with Crippen LogP contribution in [0.15, 0.2) is 29.4 Å². The molecule has 0 spiro atoms. The second-order valence-corrected chi connectivity index (χ2v) is 6.39. The first-order valence-electron chi connectivity index (χ1n) is 7.38. The van der Waals surface area contributed by atoms with Crippen LogP contribution in [-0.4, -0.2) is 46.2 Å². The highest BCUT2D eigenvalue weighted by molar-refractivity contribution is 7.99. The second-order valence-electron chi connectivity index (χ2n) is 5.44. The Morgan fingerprint density at radius 2 is 2.04 bits per heavy atom. The number of amides is 1. The Kier molecular flexibility index (Phi) is 6.18. The van der Waals surface area contributed by atoms with Crippen molar-refractivity contribution in [2.75, 3.05) is 19.5 Å². The number of hydrogen-bond acceptors (Lipinski definition) is 5. The lowest BCUT2D eigenvalue weighted by molar-refractivity contribution is -0.119. The Bertz CT molecular complexity index is 655. The molecule has 1 aromatic carbocycles. The van der Waals surface area contributed by atoms with Crippen molar-refractivity contribution in [1.29, 1.82) is 0 Å². The molecule has 1 amide bonds. The van der Waals surface area contributed by atoms with E-state index in [0.29, 0.717) is 12.4 Å². The van der Waals surface area contributed by atoms with Gasteiger partial charge >= 0.3 is 0 Å². The van der Waals surface area contributed by atoms with Gasteiger partial charge in [-0.25, -0.2) is 0 Å². The van der Waals surface area contributed by atoms with Gasteiger partial charge in [-0.2, -0.15) is 0 Å². The molecule has 2 rings (SSSR count). The number of nitrogens with one attached hydrogen (secondary N) is 1. The third-order valence-corrected chi connectivity index (χ3v) is 4.32. The number of aryl methyl sites for hydroxylation is 1. The fourth-order valence-electron chi connectivity index (χ4n) is 2.13. The summed E-state index contributed by atoms with van der Waals surface area (Å²) in [5.74, 6) is 1.05. The fourth-order valence-corrected chi connectivity index (χ4v) is 2.86. The topological polar surface area (TPSA) is 69.0 Å². The zero-order valence-corrected chi connectivity index (χ0v) is 14.7. The summed E-state index contributed by atoms with van der Waals surface area (Å²) >= 11 is 1.37. The molecule has 1 atom stereocenters. The number of thioether (sulfide) groups is 1. The van der Waals surface area contributed by atoms with Crippen molar-refractivity contribution >= 4 is 17.7 Å². The predicted molar refractivity (Wildman–Crippen MR) is 91.4 cm³/mol. The number of nitrogens with zero attached hydrogens (tertiary/aromatic N) is 3. The standard InChI is InChI=1S/C16H22N4O2S/c1-11-5-7-13(8-6-11)15-18-19-16(20(15)3)23-10-14(21)17-12(2)9-22-4/h5-8,12H,9-10H2,1-4H3,(H,17,21). The zero-order chi connectivity index (χ0) is 16.8. The summed E-state index contributed by atoms with van der Waals surface area (Å²) in [4.78, 5) is 11.9. The number of rotatable bonds is 7. The predicted octanol–water partition coefficient (Wildman–Crippen LogP) is 2.03. The van der Waals surface area contributed by atoms with E-state index in [0.717, 1.165) is 16.5 Å². The Labute approximate surface area is 140 Å². The minimum absolute atomic E-state index is 0.00397. The molecule has 6 nitrogen and oxygen atoms in total.